The number of hydrogen-bond donors (Lipinski definition) is 1. The van der Waals surface area contributed by atoms with E-state index in [1.807, 2.05) is 20.8 Å². The van der Waals surface area contributed by atoms with Gasteiger partial charge in [0.15, 0.2) is 0 Å². The van der Waals surface area contributed by atoms with Gasteiger partial charge in [-0.15, -0.1) is 0 Å². The Morgan fingerprint density at radius 1 is 1.12 bits per heavy atom. The van der Waals surface area contributed by atoms with E-state index in [1.165, 1.54) is 17.7 Å². The van der Waals surface area contributed by atoms with E-state index in [0.717, 1.165) is 55.5 Å². The molecule has 1 aliphatic heterocycles. The Kier molecular flexibility index (Phi) is 8.34. The van der Waals surface area contributed by atoms with Crippen molar-refractivity contribution in [2.24, 2.45) is 0 Å². The number of carbonyl (C=O) groups is 1. The number of ether oxygens (including phenoxy) is 1. The molecule has 1 aliphatic carbocycles. The van der Waals surface area contributed by atoms with Crippen molar-refractivity contribution in [2.75, 3.05) is 13.1 Å². The highest BCUT2D eigenvalue weighted by atomic mass is 35.5. The number of aromatic nitrogens is 1. The van der Waals surface area contributed by atoms with Gasteiger partial charge in [-0.05, 0) is 87.3 Å². The van der Waals surface area contributed by atoms with E-state index in [4.69, 9.17) is 16.3 Å². The van der Waals surface area contributed by atoms with E-state index in [1.54, 1.807) is 29.0 Å². The van der Waals surface area contributed by atoms with Crippen LogP contribution in [-0.2, 0) is 13.0 Å². The van der Waals surface area contributed by atoms with Gasteiger partial charge in [0.05, 0.1) is 16.7 Å². The minimum absolute atomic E-state index is 0.0229. The van der Waals surface area contributed by atoms with Crippen LogP contribution in [0.1, 0.15) is 85.5 Å². The number of piperidine rings is 1. The van der Waals surface area contributed by atoms with Crippen molar-refractivity contribution in [2.45, 2.75) is 77.5 Å². The van der Waals surface area contributed by atoms with Gasteiger partial charge >= 0.3 is 5.97 Å². The summed E-state index contributed by atoms with van der Waals surface area (Å²) in [6.45, 7) is 8.03. The highest BCUT2D eigenvalue weighted by molar-refractivity contribution is 6.35. The summed E-state index contributed by atoms with van der Waals surface area (Å²) in [5.41, 5.74) is 4.29. The molecule has 1 saturated heterocycles. The van der Waals surface area contributed by atoms with E-state index in [-0.39, 0.29) is 29.1 Å². The molecule has 212 valence electrons. The fourth-order valence-electron chi connectivity index (χ4n) is 5.83. The van der Waals surface area contributed by atoms with Crippen molar-refractivity contribution < 1.29 is 19.0 Å². The first kappa shape index (κ1) is 28.4. The average Bonchev–Trinajstić information content (AvgIpc) is 3.77. The maximum absolute atomic E-state index is 13.7. The third-order valence-electron chi connectivity index (χ3n) is 7.98. The van der Waals surface area contributed by atoms with Crippen molar-refractivity contribution in [3.8, 4) is 16.9 Å². The SMILES string of the molecule is CCc1c(C(=O)O)ccn(C2CCN(Cc3cc(C4CC4)c(-c4ccc(F)cc4)c(Cl)c3OC(C)C)CC2)c1=O. The van der Waals surface area contributed by atoms with Crippen LogP contribution in [0.4, 0.5) is 4.39 Å². The molecule has 3 aromatic rings. The highest BCUT2D eigenvalue weighted by Gasteiger charge is 2.32. The minimum Gasteiger partial charge on any atom is -0.489 e. The molecule has 2 aromatic carbocycles. The molecule has 1 aromatic heterocycles. The normalized spacial score (nSPS) is 16.4. The van der Waals surface area contributed by atoms with Gasteiger partial charge in [-0.25, -0.2) is 9.18 Å². The molecule has 0 amide bonds. The topological polar surface area (TPSA) is 71.8 Å². The van der Waals surface area contributed by atoms with Crippen LogP contribution in [0.25, 0.3) is 11.1 Å². The molecule has 8 heteroatoms. The van der Waals surface area contributed by atoms with Gasteiger partial charge < -0.3 is 14.4 Å². The molecule has 6 nitrogen and oxygen atoms in total. The van der Waals surface area contributed by atoms with Gasteiger partial charge in [0.1, 0.15) is 11.6 Å². The zero-order valence-corrected chi connectivity index (χ0v) is 24.0. The van der Waals surface area contributed by atoms with Crippen LogP contribution in [-0.4, -0.2) is 39.7 Å². The van der Waals surface area contributed by atoms with Crippen LogP contribution in [0.2, 0.25) is 5.02 Å². The van der Waals surface area contributed by atoms with Crippen molar-refractivity contribution in [1.29, 1.82) is 0 Å². The summed E-state index contributed by atoms with van der Waals surface area (Å²) >= 11 is 7.09. The van der Waals surface area contributed by atoms with Crippen molar-refractivity contribution in [3.63, 3.8) is 0 Å². The summed E-state index contributed by atoms with van der Waals surface area (Å²) in [6.07, 6.45) is 5.73. The summed E-state index contributed by atoms with van der Waals surface area (Å²) in [5.74, 6) is -0.235. The van der Waals surface area contributed by atoms with Crippen LogP contribution in [0.3, 0.4) is 0 Å². The van der Waals surface area contributed by atoms with Crippen LogP contribution in [0, 0.1) is 5.82 Å². The number of nitrogens with zero attached hydrogens (tertiary/aromatic N) is 2. The van der Waals surface area contributed by atoms with E-state index < -0.39 is 5.97 Å². The molecule has 2 fully saturated rings. The average molecular weight is 567 g/mol. The van der Waals surface area contributed by atoms with E-state index in [2.05, 4.69) is 11.0 Å². The lowest BCUT2D eigenvalue weighted by atomic mass is 9.93. The molecule has 40 heavy (non-hydrogen) atoms. The molecule has 0 atom stereocenters. The molecule has 0 spiro atoms. The van der Waals surface area contributed by atoms with Crippen molar-refractivity contribution in [1.82, 2.24) is 9.47 Å². The lowest BCUT2D eigenvalue weighted by molar-refractivity contribution is 0.0695. The van der Waals surface area contributed by atoms with Crippen LogP contribution >= 0.6 is 11.6 Å². The number of carboxylic acids is 1. The summed E-state index contributed by atoms with van der Waals surface area (Å²) in [6, 6.07) is 10.3. The maximum atomic E-state index is 13.7. The van der Waals surface area contributed by atoms with Gasteiger partial charge in [-0.3, -0.25) is 9.69 Å². The lowest BCUT2D eigenvalue weighted by Gasteiger charge is -2.34. The maximum Gasteiger partial charge on any atom is 0.336 e. The molecular formula is C32H36ClFN2O4. The fourth-order valence-corrected chi connectivity index (χ4v) is 6.22. The summed E-state index contributed by atoms with van der Waals surface area (Å²) < 4.78 is 21.7. The standard InChI is InChI=1S/C32H36ClFN2O4/c1-4-25-26(32(38)39)13-16-36(31(25)37)24-11-14-35(15-12-24)18-22-17-27(20-5-6-20)28(21-7-9-23(34)10-8-21)29(33)30(22)40-19(2)3/h7-10,13,16-17,19-20,24H,4-6,11-12,14-15,18H2,1-3H3,(H,38,39). The second-order valence-electron chi connectivity index (χ2n) is 11.2. The zero-order chi connectivity index (χ0) is 28.6. The number of benzene rings is 2. The third-order valence-corrected chi connectivity index (χ3v) is 8.34. The minimum atomic E-state index is -1.06. The number of aromatic carboxylic acids is 1. The molecule has 2 aliphatic rings. The van der Waals surface area contributed by atoms with Crippen molar-refractivity contribution in [3.05, 3.63) is 86.0 Å². The lowest BCUT2D eigenvalue weighted by Crippen LogP contribution is -2.38. The van der Waals surface area contributed by atoms with Crippen LogP contribution < -0.4 is 10.3 Å². The predicted molar refractivity (Wildman–Crippen MR) is 155 cm³/mol. The van der Waals surface area contributed by atoms with Gasteiger partial charge in [-0.1, -0.05) is 30.7 Å². The molecule has 5 rings (SSSR count). The van der Waals surface area contributed by atoms with Gasteiger partial charge in [0, 0.05) is 48.6 Å². The number of halogens is 2. The largest absolute Gasteiger partial charge is 0.489 e. The van der Waals surface area contributed by atoms with Gasteiger partial charge in [0.25, 0.3) is 5.56 Å². The smallest absolute Gasteiger partial charge is 0.336 e. The molecule has 1 N–H and O–H groups in total. The van der Waals surface area contributed by atoms with E-state index in [0.29, 0.717) is 35.2 Å². The third kappa shape index (κ3) is 5.81. The quantitative estimate of drug-likeness (QED) is 0.300. The highest BCUT2D eigenvalue weighted by Crippen LogP contribution is 2.50. The second kappa shape index (κ2) is 11.8. The zero-order valence-electron chi connectivity index (χ0n) is 23.3. The Morgan fingerprint density at radius 3 is 2.38 bits per heavy atom. The van der Waals surface area contributed by atoms with Crippen molar-refractivity contribution >= 4 is 17.6 Å². The molecule has 0 bridgehead atoms. The Morgan fingerprint density at radius 2 is 1.80 bits per heavy atom. The Balaban J connectivity index is 1.41. The molecule has 0 unspecified atom stereocenters. The summed E-state index contributed by atoms with van der Waals surface area (Å²) in [7, 11) is 0. The molecular weight excluding hydrogens is 531 g/mol. The molecule has 1 saturated carbocycles. The summed E-state index contributed by atoms with van der Waals surface area (Å²) in [4.78, 5) is 27.0. The number of likely N-dealkylation sites (tertiary alicyclic amines) is 1. The Labute approximate surface area is 239 Å². The second-order valence-corrected chi connectivity index (χ2v) is 11.6. The first-order chi connectivity index (χ1) is 19.2. The predicted octanol–water partition coefficient (Wildman–Crippen LogP) is 7.07. The number of carboxylic acid groups (broad SMARTS) is 1. The van der Waals surface area contributed by atoms with Gasteiger partial charge in [-0.2, -0.15) is 0 Å². The number of rotatable bonds is 9. The monoisotopic (exact) mass is 566 g/mol. The molecule has 2 heterocycles. The van der Waals surface area contributed by atoms with Crippen LogP contribution in [0.5, 0.6) is 5.75 Å². The van der Waals surface area contributed by atoms with Crippen LogP contribution in [0.15, 0.2) is 47.4 Å². The number of pyridine rings is 1. The fraction of sp³-hybridized carbons (Fsp3) is 0.438. The molecule has 0 radical (unpaired) electrons. The van der Waals surface area contributed by atoms with E-state index in [9.17, 15) is 19.1 Å². The Bertz CT molecular complexity index is 1460. The first-order valence-electron chi connectivity index (χ1n) is 14.1. The van der Waals surface area contributed by atoms with E-state index >= 15 is 0 Å². The first-order valence-corrected chi connectivity index (χ1v) is 14.5. The summed E-state index contributed by atoms with van der Waals surface area (Å²) in [5, 5.41) is 10.0. The Hall–Kier alpha value is -3.16. The van der Waals surface area contributed by atoms with Gasteiger partial charge in [0.2, 0.25) is 0 Å². The number of hydrogen-bond acceptors (Lipinski definition) is 4.